The van der Waals surface area contributed by atoms with Crippen LogP contribution in [0.1, 0.15) is 11.4 Å². The number of hydrogen-bond donors (Lipinski definition) is 1. The molecule has 0 spiro atoms. The number of aromatic nitrogens is 3. The molecule has 144 valence electrons. The Balaban J connectivity index is 1.66. The van der Waals surface area contributed by atoms with E-state index in [1.54, 1.807) is 0 Å². The topological polar surface area (TPSA) is 98.6 Å². The molecular formula is C15H29N5O4S. The predicted octanol–water partition coefficient (Wildman–Crippen LogP) is -0.930. The van der Waals surface area contributed by atoms with Gasteiger partial charge in [-0.15, -0.1) is 5.10 Å². The molecule has 1 saturated heterocycles. The number of nitrogens with one attached hydrogen (secondary N) is 1. The van der Waals surface area contributed by atoms with Crippen molar-refractivity contribution in [3.63, 3.8) is 0 Å². The fourth-order valence-corrected chi connectivity index (χ4v) is 3.80. The summed E-state index contributed by atoms with van der Waals surface area (Å²) in [6.45, 7) is 7.61. The van der Waals surface area contributed by atoms with E-state index in [0.717, 1.165) is 17.9 Å². The van der Waals surface area contributed by atoms with Crippen LogP contribution in [0.3, 0.4) is 0 Å². The molecule has 0 atom stereocenters. The molecule has 0 aliphatic carbocycles. The molecule has 0 unspecified atom stereocenters. The smallest absolute Gasteiger partial charge is 0.152 e. The van der Waals surface area contributed by atoms with Crippen molar-refractivity contribution in [3.05, 3.63) is 11.4 Å². The van der Waals surface area contributed by atoms with Gasteiger partial charge in [0.15, 0.2) is 9.84 Å². The lowest BCUT2D eigenvalue weighted by Gasteiger charge is -2.25. The van der Waals surface area contributed by atoms with Crippen molar-refractivity contribution >= 4 is 9.84 Å². The predicted molar refractivity (Wildman–Crippen MR) is 94.3 cm³/mol. The Morgan fingerprint density at radius 1 is 1.12 bits per heavy atom. The van der Waals surface area contributed by atoms with E-state index in [1.807, 2.05) is 18.7 Å². The lowest BCUT2D eigenvalue weighted by Crippen LogP contribution is -2.39. The van der Waals surface area contributed by atoms with Gasteiger partial charge in [0, 0.05) is 26.2 Å². The van der Waals surface area contributed by atoms with Gasteiger partial charge in [-0.05, 0) is 14.0 Å². The highest BCUT2D eigenvalue weighted by Crippen LogP contribution is 2.11. The molecular weight excluding hydrogens is 346 g/mol. The SMILES string of the molecule is CNCCOCCOCCn1nnc(CN2CCS(=O)(=O)CC2)c1C. The summed E-state index contributed by atoms with van der Waals surface area (Å²) < 4.78 is 35.7. The molecule has 0 aromatic carbocycles. The molecule has 0 radical (unpaired) electrons. The van der Waals surface area contributed by atoms with E-state index >= 15 is 0 Å². The van der Waals surface area contributed by atoms with Gasteiger partial charge in [0.05, 0.1) is 55.9 Å². The van der Waals surface area contributed by atoms with E-state index in [1.165, 1.54) is 0 Å². The maximum atomic E-state index is 11.5. The van der Waals surface area contributed by atoms with Gasteiger partial charge in [-0.1, -0.05) is 5.21 Å². The maximum absolute atomic E-state index is 11.5. The van der Waals surface area contributed by atoms with Crippen LogP contribution in [0.2, 0.25) is 0 Å². The van der Waals surface area contributed by atoms with Crippen LogP contribution < -0.4 is 5.32 Å². The number of likely N-dealkylation sites (N-methyl/N-ethyl adjacent to an activating group) is 1. The summed E-state index contributed by atoms with van der Waals surface area (Å²) in [5.74, 6) is 0.453. The number of sulfone groups is 1. The van der Waals surface area contributed by atoms with Crippen molar-refractivity contribution in [1.82, 2.24) is 25.2 Å². The lowest BCUT2D eigenvalue weighted by atomic mass is 10.3. The molecule has 2 rings (SSSR count). The van der Waals surface area contributed by atoms with Crippen LogP contribution in [0.25, 0.3) is 0 Å². The minimum atomic E-state index is -2.85. The minimum Gasteiger partial charge on any atom is -0.378 e. The number of ether oxygens (including phenoxy) is 2. The molecule has 10 heteroatoms. The fourth-order valence-electron chi connectivity index (χ4n) is 2.52. The minimum absolute atomic E-state index is 0.227. The second kappa shape index (κ2) is 10.2. The van der Waals surface area contributed by atoms with Crippen LogP contribution in [-0.4, -0.2) is 92.9 Å². The van der Waals surface area contributed by atoms with Crippen LogP contribution in [-0.2, 0) is 32.4 Å². The summed E-state index contributed by atoms with van der Waals surface area (Å²) in [6, 6.07) is 0. The van der Waals surface area contributed by atoms with Crippen LogP contribution >= 0.6 is 0 Å². The maximum Gasteiger partial charge on any atom is 0.152 e. The Kier molecular flexibility index (Phi) is 8.24. The highest BCUT2D eigenvalue weighted by Gasteiger charge is 2.23. The van der Waals surface area contributed by atoms with Crippen molar-refractivity contribution in [1.29, 1.82) is 0 Å². The molecule has 2 heterocycles. The third kappa shape index (κ3) is 6.98. The van der Waals surface area contributed by atoms with Crippen molar-refractivity contribution in [2.45, 2.75) is 20.0 Å². The summed E-state index contributed by atoms with van der Waals surface area (Å²) in [7, 11) is -0.961. The first-order valence-corrected chi connectivity index (χ1v) is 10.5. The summed E-state index contributed by atoms with van der Waals surface area (Å²) in [6.07, 6.45) is 0. The molecule has 1 aliphatic rings. The van der Waals surface area contributed by atoms with E-state index in [4.69, 9.17) is 9.47 Å². The Morgan fingerprint density at radius 3 is 2.48 bits per heavy atom. The summed E-state index contributed by atoms with van der Waals surface area (Å²) >= 11 is 0. The van der Waals surface area contributed by atoms with Crippen LogP contribution in [0, 0.1) is 6.92 Å². The third-order valence-electron chi connectivity index (χ3n) is 4.20. The van der Waals surface area contributed by atoms with Gasteiger partial charge in [0.25, 0.3) is 0 Å². The van der Waals surface area contributed by atoms with Crippen molar-refractivity contribution < 1.29 is 17.9 Å². The Hall–Kier alpha value is -1.07. The van der Waals surface area contributed by atoms with Gasteiger partial charge in [0.2, 0.25) is 0 Å². The lowest BCUT2D eigenvalue weighted by molar-refractivity contribution is 0.0451. The number of hydrogen-bond acceptors (Lipinski definition) is 8. The van der Waals surface area contributed by atoms with E-state index < -0.39 is 9.84 Å². The average Bonchev–Trinajstić information content (AvgIpc) is 2.92. The normalized spacial score (nSPS) is 17.8. The van der Waals surface area contributed by atoms with Crippen molar-refractivity contribution in [2.24, 2.45) is 0 Å². The standard InChI is InChI=1S/C15H29N5O4S/c1-14-15(13-19-5-11-25(21,22)12-6-19)17-18-20(14)4-8-24-10-9-23-7-3-16-2/h16H,3-13H2,1-2H3. The molecule has 1 aromatic heterocycles. The zero-order chi connectivity index (χ0) is 18.1. The zero-order valence-corrected chi connectivity index (χ0v) is 15.9. The van der Waals surface area contributed by atoms with E-state index in [9.17, 15) is 8.42 Å². The highest BCUT2D eigenvalue weighted by molar-refractivity contribution is 7.91. The molecule has 0 saturated carbocycles. The monoisotopic (exact) mass is 375 g/mol. The Bertz CT molecular complexity index is 605. The summed E-state index contributed by atoms with van der Waals surface area (Å²) in [5.41, 5.74) is 1.90. The quantitative estimate of drug-likeness (QED) is 0.495. The molecule has 1 fully saturated rings. The first-order chi connectivity index (χ1) is 12.0. The van der Waals surface area contributed by atoms with E-state index in [-0.39, 0.29) is 11.5 Å². The van der Waals surface area contributed by atoms with Gasteiger partial charge in [-0.3, -0.25) is 4.90 Å². The second-order valence-corrected chi connectivity index (χ2v) is 8.40. The van der Waals surface area contributed by atoms with Gasteiger partial charge >= 0.3 is 0 Å². The zero-order valence-electron chi connectivity index (χ0n) is 15.1. The third-order valence-corrected chi connectivity index (χ3v) is 5.81. The van der Waals surface area contributed by atoms with Gasteiger partial charge < -0.3 is 14.8 Å². The van der Waals surface area contributed by atoms with E-state index in [2.05, 4.69) is 20.5 Å². The molecule has 1 N–H and O–H groups in total. The number of nitrogens with zero attached hydrogens (tertiary/aromatic N) is 4. The second-order valence-electron chi connectivity index (χ2n) is 6.10. The molecule has 0 bridgehead atoms. The average molecular weight is 375 g/mol. The van der Waals surface area contributed by atoms with Crippen molar-refractivity contribution in [3.8, 4) is 0 Å². The summed E-state index contributed by atoms with van der Waals surface area (Å²) in [4.78, 5) is 2.11. The molecule has 9 nitrogen and oxygen atoms in total. The van der Waals surface area contributed by atoms with Gasteiger partial charge in [-0.2, -0.15) is 0 Å². The van der Waals surface area contributed by atoms with Crippen LogP contribution in [0.5, 0.6) is 0 Å². The Labute approximate surface area is 149 Å². The number of rotatable bonds is 11. The molecule has 25 heavy (non-hydrogen) atoms. The first kappa shape index (κ1) is 20.2. The molecule has 0 amide bonds. The van der Waals surface area contributed by atoms with Crippen LogP contribution in [0.15, 0.2) is 0 Å². The Morgan fingerprint density at radius 2 is 1.80 bits per heavy atom. The van der Waals surface area contributed by atoms with Crippen molar-refractivity contribution in [2.75, 3.05) is 64.6 Å². The van der Waals surface area contributed by atoms with Crippen LogP contribution in [0.4, 0.5) is 0 Å². The fraction of sp³-hybridized carbons (Fsp3) is 0.867. The molecule has 1 aliphatic heterocycles. The first-order valence-electron chi connectivity index (χ1n) is 8.63. The van der Waals surface area contributed by atoms with E-state index in [0.29, 0.717) is 52.6 Å². The van der Waals surface area contributed by atoms with Gasteiger partial charge in [0.1, 0.15) is 0 Å². The summed E-state index contributed by atoms with van der Waals surface area (Å²) in [5, 5.41) is 11.4. The highest BCUT2D eigenvalue weighted by atomic mass is 32.2. The largest absolute Gasteiger partial charge is 0.378 e. The van der Waals surface area contributed by atoms with Gasteiger partial charge in [-0.25, -0.2) is 13.1 Å². The molecule has 1 aromatic rings.